The number of halogens is 1. The number of carbonyl (C=O) groups is 3. The molecular formula is C16H10BrNO4S. The van der Waals surface area contributed by atoms with Gasteiger partial charge in [0.2, 0.25) is 0 Å². The van der Waals surface area contributed by atoms with E-state index in [1.54, 1.807) is 6.08 Å². The zero-order valence-corrected chi connectivity index (χ0v) is 14.1. The van der Waals surface area contributed by atoms with E-state index in [0.29, 0.717) is 0 Å². The molecule has 0 bridgehead atoms. The van der Waals surface area contributed by atoms with E-state index < -0.39 is 23.7 Å². The minimum Gasteiger partial charge on any atom is -0.480 e. The molecule has 1 heterocycles. The second kappa shape index (κ2) is 6.17. The summed E-state index contributed by atoms with van der Waals surface area (Å²) < 4.78 is 0.793. The molecule has 0 saturated carbocycles. The Kier molecular flexibility index (Phi) is 4.23. The Morgan fingerprint density at radius 2 is 1.87 bits per heavy atom. The Balaban J connectivity index is 1.99. The lowest BCUT2D eigenvalue weighted by Crippen LogP contribution is -2.33. The lowest BCUT2D eigenvalue weighted by atomic mass is 10.1. The number of nitrogens with zero attached hydrogens (tertiary/aromatic N) is 1. The summed E-state index contributed by atoms with van der Waals surface area (Å²) >= 11 is 4.20. The van der Waals surface area contributed by atoms with Crippen LogP contribution in [0.4, 0.5) is 4.79 Å². The Bertz CT molecular complexity index is 878. The van der Waals surface area contributed by atoms with Crippen molar-refractivity contribution in [2.75, 3.05) is 6.54 Å². The Morgan fingerprint density at radius 3 is 2.52 bits per heavy atom. The van der Waals surface area contributed by atoms with E-state index in [2.05, 4.69) is 15.9 Å². The number of amides is 2. The van der Waals surface area contributed by atoms with Crippen LogP contribution in [-0.2, 0) is 9.59 Å². The van der Waals surface area contributed by atoms with Crippen LogP contribution >= 0.6 is 27.7 Å². The summed E-state index contributed by atoms with van der Waals surface area (Å²) in [7, 11) is 0. The van der Waals surface area contributed by atoms with Crippen molar-refractivity contribution in [3.05, 3.63) is 51.3 Å². The van der Waals surface area contributed by atoms with E-state index in [-0.39, 0.29) is 4.91 Å². The molecule has 1 fully saturated rings. The van der Waals surface area contributed by atoms with Crippen LogP contribution in [0.15, 0.2) is 45.8 Å². The number of carbonyl (C=O) groups excluding carboxylic acids is 2. The molecule has 1 aliphatic rings. The number of hydrogen-bond acceptors (Lipinski definition) is 4. The van der Waals surface area contributed by atoms with Gasteiger partial charge in [-0.25, -0.2) is 0 Å². The van der Waals surface area contributed by atoms with Crippen LogP contribution in [0.5, 0.6) is 0 Å². The third-order valence-corrected chi connectivity index (χ3v) is 4.91. The molecule has 1 N–H and O–H groups in total. The lowest BCUT2D eigenvalue weighted by Gasteiger charge is -2.08. The number of hydrogen-bond donors (Lipinski definition) is 1. The molecule has 0 unspecified atom stereocenters. The summed E-state index contributed by atoms with van der Waals surface area (Å²) in [5.41, 5.74) is 0.754. The van der Waals surface area contributed by atoms with Crippen LogP contribution < -0.4 is 0 Å². The topological polar surface area (TPSA) is 74.7 Å². The fraction of sp³-hybridized carbons (Fsp3) is 0.0625. The predicted octanol–water partition coefficient (Wildman–Crippen LogP) is 3.72. The van der Waals surface area contributed by atoms with Gasteiger partial charge in [-0.3, -0.25) is 19.3 Å². The van der Waals surface area contributed by atoms with Gasteiger partial charge in [0.25, 0.3) is 11.1 Å². The van der Waals surface area contributed by atoms with Crippen LogP contribution in [0.1, 0.15) is 5.56 Å². The first-order valence-electron chi connectivity index (χ1n) is 6.61. The number of carboxylic acid groups (broad SMARTS) is 1. The van der Waals surface area contributed by atoms with Gasteiger partial charge in [-0.15, -0.1) is 0 Å². The average molecular weight is 392 g/mol. The minimum atomic E-state index is -1.22. The summed E-state index contributed by atoms with van der Waals surface area (Å²) in [5.74, 6) is -1.80. The van der Waals surface area contributed by atoms with Crippen LogP contribution in [0.2, 0.25) is 0 Å². The summed E-state index contributed by atoms with van der Waals surface area (Å²) in [6, 6.07) is 11.6. The average Bonchev–Trinajstić information content (AvgIpc) is 2.75. The van der Waals surface area contributed by atoms with Gasteiger partial charge in [0.05, 0.1) is 4.91 Å². The van der Waals surface area contributed by atoms with E-state index in [1.807, 2.05) is 36.4 Å². The summed E-state index contributed by atoms with van der Waals surface area (Å²) in [5, 5.41) is 10.3. The first-order valence-corrected chi connectivity index (χ1v) is 8.22. The van der Waals surface area contributed by atoms with E-state index in [0.717, 1.165) is 37.5 Å². The van der Waals surface area contributed by atoms with E-state index in [1.165, 1.54) is 0 Å². The lowest BCUT2D eigenvalue weighted by molar-refractivity contribution is -0.140. The quantitative estimate of drug-likeness (QED) is 0.806. The molecule has 3 rings (SSSR count). The number of imide groups is 1. The normalized spacial score (nSPS) is 16.6. The first kappa shape index (κ1) is 15.8. The van der Waals surface area contributed by atoms with E-state index in [4.69, 9.17) is 5.11 Å². The monoisotopic (exact) mass is 391 g/mol. The SMILES string of the molecule is O=C(O)CN1C(=O)S/C(=C\c2cc3ccccc3cc2Br)C1=O. The van der Waals surface area contributed by atoms with Crippen LogP contribution in [-0.4, -0.2) is 33.7 Å². The molecule has 0 radical (unpaired) electrons. The third-order valence-electron chi connectivity index (χ3n) is 3.32. The first-order chi connectivity index (χ1) is 11.0. The van der Waals surface area contributed by atoms with Gasteiger partial charge in [0, 0.05) is 4.47 Å². The van der Waals surface area contributed by atoms with Crippen molar-refractivity contribution in [1.82, 2.24) is 4.90 Å². The molecule has 0 aliphatic carbocycles. The molecule has 2 aromatic rings. The Morgan fingerprint density at radius 1 is 1.22 bits per heavy atom. The molecular weight excluding hydrogens is 382 g/mol. The molecule has 23 heavy (non-hydrogen) atoms. The maximum Gasteiger partial charge on any atom is 0.323 e. The minimum absolute atomic E-state index is 0.215. The van der Waals surface area contributed by atoms with E-state index in [9.17, 15) is 14.4 Å². The van der Waals surface area contributed by atoms with Gasteiger partial charge in [-0.05, 0) is 46.3 Å². The van der Waals surface area contributed by atoms with Crippen molar-refractivity contribution >= 4 is 61.7 Å². The molecule has 7 heteroatoms. The van der Waals surface area contributed by atoms with Crippen molar-refractivity contribution in [3.8, 4) is 0 Å². The Hall–Kier alpha value is -2.12. The highest BCUT2D eigenvalue weighted by molar-refractivity contribution is 9.10. The number of thioether (sulfide) groups is 1. The molecule has 116 valence electrons. The van der Waals surface area contributed by atoms with Crippen molar-refractivity contribution in [2.24, 2.45) is 0 Å². The number of aliphatic carboxylic acids is 1. The van der Waals surface area contributed by atoms with Gasteiger partial charge in [0.15, 0.2) is 0 Å². The fourth-order valence-corrected chi connectivity index (χ4v) is 3.56. The number of carboxylic acids is 1. The van der Waals surface area contributed by atoms with Crippen molar-refractivity contribution < 1.29 is 19.5 Å². The molecule has 1 saturated heterocycles. The summed E-state index contributed by atoms with van der Waals surface area (Å²) in [6.45, 7) is -0.624. The smallest absolute Gasteiger partial charge is 0.323 e. The highest BCUT2D eigenvalue weighted by Gasteiger charge is 2.36. The predicted molar refractivity (Wildman–Crippen MR) is 92.0 cm³/mol. The van der Waals surface area contributed by atoms with Crippen LogP contribution in [0, 0.1) is 0 Å². The molecule has 0 aromatic heterocycles. The van der Waals surface area contributed by atoms with Crippen molar-refractivity contribution in [3.63, 3.8) is 0 Å². The van der Waals surface area contributed by atoms with Crippen LogP contribution in [0.25, 0.3) is 16.8 Å². The molecule has 0 spiro atoms. The standard InChI is InChI=1S/C16H10BrNO4S/c17-12-6-10-4-2-1-3-9(10)5-11(12)7-13-15(21)18(8-14(19)20)16(22)23-13/h1-7H,8H2,(H,19,20)/b13-7-. The maximum absolute atomic E-state index is 12.2. The van der Waals surface area contributed by atoms with Gasteiger partial charge in [0.1, 0.15) is 6.54 Å². The van der Waals surface area contributed by atoms with Gasteiger partial charge < -0.3 is 5.11 Å². The Labute approximate surface area is 144 Å². The third kappa shape index (κ3) is 3.16. The summed E-state index contributed by atoms with van der Waals surface area (Å²) in [4.78, 5) is 35.6. The zero-order chi connectivity index (χ0) is 16.6. The van der Waals surface area contributed by atoms with Crippen molar-refractivity contribution in [2.45, 2.75) is 0 Å². The van der Waals surface area contributed by atoms with Crippen molar-refractivity contribution in [1.29, 1.82) is 0 Å². The number of fused-ring (bicyclic) bond motifs is 1. The maximum atomic E-state index is 12.2. The van der Waals surface area contributed by atoms with Crippen LogP contribution in [0.3, 0.4) is 0 Å². The van der Waals surface area contributed by atoms with E-state index >= 15 is 0 Å². The zero-order valence-electron chi connectivity index (χ0n) is 11.7. The molecule has 0 atom stereocenters. The van der Waals surface area contributed by atoms with Gasteiger partial charge in [-0.1, -0.05) is 40.2 Å². The second-order valence-corrected chi connectivity index (χ2v) is 6.73. The second-order valence-electron chi connectivity index (χ2n) is 4.88. The molecule has 2 amide bonds. The molecule has 2 aromatic carbocycles. The number of benzene rings is 2. The number of rotatable bonds is 3. The van der Waals surface area contributed by atoms with Gasteiger partial charge >= 0.3 is 5.97 Å². The summed E-state index contributed by atoms with van der Waals surface area (Å²) in [6.07, 6.45) is 1.60. The highest BCUT2D eigenvalue weighted by Crippen LogP contribution is 2.34. The fourth-order valence-electron chi connectivity index (χ4n) is 2.25. The van der Waals surface area contributed by atoms with Gasteiger partial charge in [-0.2, -0.15) is 0 Å². The molecule has 5 nitrogen and oxygen atoms in total. The molecule has 1 aliphatic heterocycles. The largest absolute Gasteiger partial charge is 0.480 e. The highest BCUT2D eigenvalue weighted by atomic mass is 79.9.